The Kier molecular flexibility index (Phi) is 5.92. The lowest BCUT2D eigenvalue weighted by Gasteiger charge is -2.17. The Balaban J connectivity index is 2.51. The molecular formula is C14H17NO3. The zero-order valence-corrected chi connectivity index (χ0v) is 10.6. The van der Waals surface area contributed by atoms with Crippen molar-refractivity contribution < 1.29 is 14.7 Å². The molecule has 0 aromatic heterocycles. The van der Waals surface area contributed by atoms with Gasteiger partial charge in [0.15, 0.2) is 0 Å². The van der Waals surface area contributed by atoms with Gasteiger partial charge in [-0.2, -0.15) is 5.06 Å². The van der Waals surface area contributed by atoms with Gasteiger partial charge in [-0.25, -0.2) is 4.79 Å². The molecule has 0 saturated heterocycles. The molecule has 4 nitrogen and oxygen atoms in total. The van der Waals surface area contributed by atoms with E-state index < -0.39 is 12.0 Å². The zero-order valence-electron chi connectivity index (χ0n) is 10.6. The Morgan fingerprint density at radius 2 is 2.11 bits per heavy atom. The monoisotopic (exact) mass is 247 g/mol. The quantitative estimate of drug-likeness (QED) is 0.382. The summed E-state index contributed by atoms with van der Waals surface area (Å²) in [5.41, 5.74) is 0.977. The van der Waals surface area contributed by atoms with Crippen LogP contribution in [0.2, 0.25) is 0 Å². The van der Waals surface area contributed by atoms with Crippen molar-refractivity contribution in [3.63, 3.8) is 0 Å². The van der Waals surface area contributed by atoms with Gasteiger partial charge >= 0.3 is 5.97 Å². The Morgan fingerprint density at radius 3 is 2.72 bits per heavy atom. The minimum Gasteiger partial charge on any atom is -0.456 e. The summed E-state index contributed by atoms with van der Waals surface area (Å²) in [5.74, 6) is 4.40. The molecule has 96 valence electrons. The molecule has 0 bridgehead atoms. The van der Waals surface area contributed by atoms with Crippen LogP contribution < -0.4 is 0 Å². The van der Waals surface area contributed by atoms with Crippen molar-refractivity contribution in [2.45, 2.75) is 26.4 Å². The van der Waals surface area contributed by atoms with Crippen LogP contribution in [0.4, 0.5) is 0 Å². The molecule has 0 aliphatic rings. The highest BCUT2D eigenvalue weighted by atomic mass is 16.5. The second-order valence-corrected chi connectivity index (χ2v) is 3.75. The summed E-state index contributed by atoms with van der Waals surface area (Å²) >= 11 is 0. The molecule has 0 amide bonds. The number of benzene rings is 1. The lowest BCUT2D eigenvalue weighted by Crippen LogP contribution is -2.28. The van der Waals surface area contributed by atoms with Crippen LogP contribution in [0.25, 0.3) is 0 Å². The number of carbonyl (C=O) groups excluding carboxylic acids is 1. The van der Waals surface area contributed by atoms with Crippen LogP contribution in [-0.4, -0.2) is 28.9 Å². The summed E-state index contributed by atoms with van der Waals surface area (Å²) in [6, 6.07) is 9.10. The van der Waals surface area contributed by atoms with Crippen LogP contribution in [0.1, 0.15) is 19.4 Å². The van der Waals surface area contributed by atoms with Crippen LogP contribution in [0.5, 0.6) is 0 Å². The smallest absolute Gasteiger partial charge is 0.384 e. The number of hydroxylamine groups is 2. The number of hydrogen-bond acceptors (Lipinski definition) is 4. The van der Waals surface area contributed by atoms with Gasteiger partial charge in [0.2, 0.25) is 0 Å². The van der Waals surface area contributed by atoms with E-state index in [1.54, 1.807) is 13.8 Å². The van der Waals surface area contributed by atoms with Crippen molar-refractivity contribution in [1.29, 1.82) is 0 Å². The standard InChI is InChI=1S/C14H17NO3/c1-3-18-14(16)10-9-12(2)15(17)11-13-7-5-4-6-8-13/h4-8,12,17H,3,11H2,1-2H3. The molecule has 1 aromatic carbocycles. The second-order valence-electron chi connectivity index (χ2n) is 3.75. The van der Waals surface area contributed by atoms with Gasteiger partial charge in [-0.3, -0.25) is 0 Å². The molecular weight excluding hydrogens is 230 g/mol. The summed E-state index contributed by atoms with van der Waals surface area (Å²) in [6.07, 6.45) is 0. The summed E-state index contributed by atoms with van der Waals surface area (Å²) < 4.78 is 4.68. The Morgan fingerprint density at radius 1 is 1.44 bits per heavy atom. The molecule has 0 radical (unpaired) electrons. The fourth-order valence-corrected chi connectivity index (χ4v) is 1.31. The maximum absolute atomic E-state index is 11.0. The van der Waals surface area contributed by atoms with Gasteiger partial charge in [-0.15, -0.1) is 0 Å². The number of rotatable bonds is 4. The Hall–Kier alpha value is -1.83. The molecule has 0 spiro atoms. The largest absolute Gasteiger partial charge is 0.456 e. The van der Waals surface area contributed by atoms with E-state index in [9.17, 15) is 10.0 Å². The maximum Gasteiger partial charge on any atom is 0.384 e. The normalized spacial score (nSPS) is 11.6. The summed E-state index contributed by atoms with van der Waals surface area (Å²) in [4.78, 5) is 11.0. The van der Waals surface area contributed by atoms with Crippen molar-refractivity contribution in [2.24, 2.45) is 0 Å². The molecule has 1 aromatic rings. The van der Waals surface area contributed by atoms with Gasteiger partial charge in [0.25, 0.3) is 0 Å². The van der Waals surface area contributed by atoms with E-state index >= 15 is 0 Å². The highest BCUT2D eigenvalue weighted by Crippen LogP contribution is 2.04. The molecule has 1 N–H and O–H groups in total. The van der Waals surface area contributed by atoms with Crippen LogP contribution >= 0.6 is 0 Å². The zero-order chi connectivity index (χ0) is 13.4. The average Bonchev–Trinajstić information content (AvgIpc) is 2.37. The summed E-state index contributed by atoms with van der Waals surface area (Å²) in [6.45, 7) is 4.10. The molecule has 18 heavy (non-hydrogen) atoms. The SMILES string of the molecule is CCOC(=O)C#CC(C)N(O)Cc1ccccc1. The van der Waals surface area contributed by atoms with E-state index in [4.69, 9.17) is 0 Å². The molecule has 0 heterocycles. The summed E-state index contributed by atoms with van der Waals surface area (Å²) in [5, 5.41) is 10.9. The lowest BCUT2D eigenvalue weighted by molar-refractivity contribution is -0.136. The maximum atomic E-state index is 11.0. The van der Waals surface area contributed by atoms with E-state index in [0.717, 1.165) is 10.6 Å². The first-order valence-electron chi connectivity index (χ1n) is 5.81. The predicted octanol–water partition coefficient (Wildman–Crippen LogP) is 1.83. The highest BCUT2D eigenvalue weighted by molar-refractivity contribution is 5.88. The van der Waals surface area contributed by atoms with Crippen molar-refractivity contribution in [2.75, 3.05) is 6.61 Å². The third-order valence-electron chi connectivity index (χ3n) is 2.29. The van der Waals surface area contributed by atoms with E-state index in [1.807, 2.05) is 30.3 Å². The number of ether oxygens (including phenoxy) is 1. The van der Waals surface area contributed by atoms with E-state index in [1.165, 1.54) is 0 Å². The molecule has 4 heteroatoms. The average molecular weight is 247 g/mol. The highest BCUT2D eigenvalue weighted by Gasteiger charge is 2.09. The van der Waals surface area contributed by atoms with Crippen LogP contribution in [0.3, 0.4) is 0 Å². The number of esters is 1. The number of carbonyl (C=O) groups is 1. The second kappa shape index (κ2) is 7.49. The fourth-order valence-electron chi connectivity index (χ4n) is 1.31. The third kappa shape index (κ3) is 5.00. The Labute approximate surface area is 107 Å². The van der Waals surface area contributed by atoms with Gasteiger partial charge in [-0.1, -0.05) is 36.3 Å². The minimum absolute atomic E-state index is 0.300. The minimum atomic E-state index is -0.572. The van der Waals surface area contributed by atoms with Crippen molar-refractivity contribution in [3.8, 4) is 11.8 Å². The third-order valence-corrected chi connectivity index (χ3v) is 2.29. The molecule has 0 saturated carbocycles. The molecule has 0 aliphatic carbocycles. The first-order valence-corrected chi connectivity index (χ1v) is 5.81. The summed E-state index contributed by atoms with van der Waals surface area (Å²) in [7, 11) is 0. The predicted molar refractivity (Wildman–Crippen MR) is 67.6 cm³/mol. The van der Waals surface area contributed by atoms with E-state index in [0.29, 0.717) is 13.2 Å². The van der Waals surface area contributed by atoms with Gasteiger partial charge in [0, 0.05) is 5.92 Å². The van der Waals surface area contributed by atoms with E-state index in [-0.39, 0.29) is 0 Å². The number of nitrogens with zero attached hydrogens (tertiary/aromatic N) is 1. The van der Waals surface area contributed by atoms with Gasteiger partial charge in [-0.05, 0) is 19.4 Å². The van der Waals surface area contributed by atoms with Gasteiger partial charge in [0.1, 0.15) is 0 Å². The van der Waals surface area contributed by atoms with Crippen LogP contribution in [-0.2, 0) is 16.1 Å². The molecule has 1 unspecified atom stereocenters. The van der Waals surface area contributed by atoms with Gasteiger partial charge in [0.05, 0.1) is 19.2 Å². The molecule has 1 rings (SSSR count). The molecule has 1 atom stereocenters. The first kappa shape index (κ1) is 14.2. The molecule has 0 fully saturated rings. The topological polar surface area (TPSA) is 49.8 Å². The molecule has 0 aliphatic heterocycles. The van der Waals surface area contributed by atoms with Crippen LogP contribution in [0, 0.1) is 11.8 Å². The van der Waals surface area contributed by atoms with Crippen LogP contribution in [0.15, 0.2) is 30.3 Å². The van der Waals surface area contributed by atoms with Gasteiger partial charge < -0.3 is 9.94 Å². The van der Waals surface area contributed by atoms with Crippen molar-refractivity contribution in [3.05, 3.63) is 35.9 Å². The Bertz CT molecular complexity index is 433. The fraction of sp³-hybridized carbons (Fsp3) is 0.357. The number of hydrogen-bond donors (Lipinski definition) is 1. The first-order chi connectivity index (χ1) is 8.63. The lowest BCUT2D eigenvalue weighted by atomic mass is 10.2. The van der Waals surface area contributed by atoms with E-state index in [2.05, 4.69) is 16.6 Å². The van der Waals surface area contributed by atoms with Crippen molar-refractivity contribution in [1.82, 2.24) is 5.06 Å². The van der Waals surface area contributed by atoms with Crippen molar-refractivity contribution >= 4 is 5.97 Å².